The quantitative estimate of drug-likeness (QED) is 0.225. The van der Waals surface area contributed by atoms with Crippen LogP contribution in [0.2, 0.25) is 5.02 Å². The number of nitrogens with zero attached hydrogens (tertiary/aromatic N) is 2. The number of hydrogen-bond donors (Lipinski definition) is 3. The van der Waals surface area contributed by atoms with Gasteiger partial charge < -0.3 is 25.1 Å². The molecular weight excluding hydrogens is 536 g/mol. The van der Waals surface area contributed by atoms with E-state index in [-0.39, 0.29) is 23.9 Å². The van der Waals surface area contributed by atoms with Gasteiger partial charge in [-0.15, -0.1) is 0 Å². The first-order valence-corrected chi connectivity index (χ1v) is 13.1. The van der Waals surface area contributed by atoms with E-state index in [1.807, 2.05) is 60.4 Å². The lowest BCUT2D eigenvalue weighted by molar-refractivity contribution is -0.116. The number of carbonyl (C=O) groups excluding carboxylic acids is 1. The number of nitrogens with one attached hydrogen (secondary N) is 2. The van der Waals surface area contributed by atoms with Crippen LogP contribution >= 0.6 is 23.8 Å². The summed E-state index contributed by atoms with van der Waals surface area (Å²) in [5.41, 5.74) is 3.17. The van der Waals surface area contributed by atoms with Crippen LogP contribution in [0.1, 0.15) is 45.9 Å². The van der Waals surface area contributed by atoms with E-state index in [0.29, 0.717) is 33.8 Å². The van der Waals surface area contributed by atoms with Gasteiger partial charge in [-0.25, -0.2) is 4.79 Å². The highest BCUT2D eigenvalue weighted by Gasteiger charge is 2.41. The maximum atomic E-state index is 12.8. The third-order valence-corrected chi connectivity index (χ3v) is 7.19. The highest BCUT2D eigenvalue weighted by Crippen LogP contribution is 2.41. The van der Waals surface area contributed by atoms with Crippen molar-refractivity contribution in [3.63, 3.8) is 0 Å². The Bertz CT molecular complexity index is 1520. The van der Waals surface area contributed by atoms with Crippen molar-refractivity contribution in [2.45, 2.75) is 25.4 Å². The molecule has 2 aromatic heterocycles. The van der Waals surface area contributed by atoms with Crippen LogP contribution in [0.3, 0.4) is 0 Å². The Hall–Kier alpha value is -4.21. The predicted molar refractivity (Wildman–Crippen MR) is 153 cm³/mol. The van der Waals surface area contributed by atoms with Crippen molar-refractivity contribution in [2.75, 3.05) is 11.9 Å². The first-order valence-electron chi connectivity index (χ1n) is 12.3. The SMILES string of the molecule is Cc1ccc(NC(=O)CCN2C(=S)NC(c3ccccn3)C2c2ccc(-c3cc(C(=O)O)ccc3Cl)o2)cc1. The molecule has 1 aliphatic heterocycles. The summed E-state index contributed by atoms with van der Waals surface area (Å²) in [5.74, 6) is -0.203. The monoisotopic (exact) mass is 560 g/mol. The Labute approximate surface area is 235 Å². The summed E-state index contributed by atoms with van der Waals surface area (Å²) in [4.78, 5) is 30.7. The number of carboxylic acids is 1. The number of aromatic carboxylic acids is 1. The van der Waals surface area contributed by atoms with E-state index in [1.165, 1.54) is 18.2 Å². The summed E-state index contributed by atoms with van der Waals surface area (Å²) in [5, 5.41) is 16.5. The zero-order valence-electron chi connectivity index (χ0n) is 20.9. The number of pyridine rings is 1. The van der Waals surface area contributed by atoms with Crippen LogP contribution in [0.15, 0.2) is 83.4 Å². The molecule has 4 aromatic rings. The van der Waals surface area contributed by atoms with Gasteiger partial charge in [0.25, 0.3) is 0 Å². The summed E-state index contributed by atoms with van der Waals surface area (Å²) >= 11 is 12.1. The number of thiocarbonyl (C=S) groups is 1. The van der Waals surface area contributed by atoms with Gasteiger partial charge in [-0.3, -0.25) is 9.78 Å². The number of carbonyl (C=O) groups is 2. The fraction of sp³-hybridized carbons (Fsp3) is 0.172. The number of aromatic nitrogens is 1. The van der Waals surface area contributed by atoms with Gasteiger partial charge in [0, 0.05) is 30.4 Å². The third kappa shape index (κ3) is 5.79. The summed E-state index contributed by atoms with van der Waals surface area (Å²) in [6, 6.07) is 20.5. The molecule has 2 atom stereocenters. The van der Waals surface area contributed by atoms with Gasteiger partial charge >= 0.3 is 5.97 Å². The number of rotatable bonds is 8. The molecule has 198 valence electrons. The molecule has 0 aliphatic carbocycles. The number of furan rings is 1. The number of aryl methyl sites for hydroxylation is 1. The Balaban J connectivity index is 1.42. The Morgan fingerprint density at radius 1 is 1.13 bits per heavy atom. The lowest BCUT2D eigenvalue weighted by Crippen LogP contribution is -2.32. The van der Waals surface area contributed by atoms with Gasteiger partial charge in [0.15, 0.2) is 5.11 Å². The summed E-state index contributed by atoms with van der Waals surface area (Å²) < 4.78 is 6.27. The van der Waals surface area contributed by atoms with Gasteiger partial charge in [-0.2, -0.15) is 0 Å². The molecule has 0 spiro atoms. The van der Waals surface area contributed by atoms with E-state index in [0.717, 1.165) is 16.9 Å². The van der Waals surface area contributed by atoms with Crippen molar-refractivity contribution >= 4 is 46.5 Å². The second kappa shape index (κ2) is 11.3. The molecule has 10 heteroatoms. The molecule has 1 aliphatic rings. The van der Waals surface area contributed by atoms with Gasteiger partial charge in [-0.05, 0) is 73.7 Å². The van der Waals surface area contributed by atoms with Crippen LogP contribution in [0.25, 0.3) is 11.3 Å². The molecule has 3 N–H and O–H groups in total. The van der Waals surface area contributed by atoms with Gasteiger partial charge in [0.2, 0.25) is 5.91 Å². The second-order valence-corrected chi connectivity index (χ2v) is 9.98. The van der Waals surface area contributed by atoms with Crippen molar-refractivity contribution in [1.82, 2.24) is 15.2 Å². The number of amides is 1. The minimum atomic E-state index is -1.06. The minimum Gasteiger partial charge on any atom is -0.478 e. The van der Waals surface area contributed by atoms with Crippen LogP contribution in [0.5, 0.6) is 0 Å². The summed E-state index contributed by atoms with van der Waals surface area (Å²) in [6.45, 7) is 2.32. The molecular formula is C29H25ClN4O4S. The number of anilines is 1. The smallest absolute Gasteiger partial charge is 0.335 e. The molecule has 8 nitrogen and oxygen atoms in total. The zero-order chi connectivity index (χ0) is 27.5. The molecule has 3 heterocycles. The molecule has 1 saturated heterocycles. The first-order chi connectivity index (χ1) is 18.8. The highest BCUT2D eigenvalue weighted by atomic mass is 35.5. The third-order valence-electron chi connectivity index (χ3n) is 6.51. The van der Waals surface area contributed by atoms with Crippen LogP contribution in [0, 0.1) is 6.92 Å². The van der Waals surface area contributed by atoms with Gasteiger partial charge in [0.1, 0.15) is 17.6 Å². The van der Waals surface area contributed by atoms with Crippen molar-refractivity contribution in [2.24, 2.45) is 0 Å². The van der Waals surface area contributed by atoms with Crippen LogP contribution in [-0.4, -0.2) is 38.5 Å². The van der Waals surface area contributed by atoms with Crippen molar-refractivity contribution in [1.29, 1.82) is 0 Å². The van der Waals surface area contributed by atoms with Crippen molar-refractivity contribution < 1.29 is 19.1 Å². The molecule has 0 saturated carbocycles. The van der Waals surface area contributed by atoms with E-state index in [4.69, 9.17) is 28.2 Å². The van der Waals surface area contributed by atoms with Crippen molar-refractivity contribution in [3.05, 3.63) is 107 Å². The first kappa shape index (κ1) is 26.4. The largest absolute Gasteiger partial charge is 0.478 e. The number of halogens is 1. The lowest BCUT2D eigenvalue weighted by atomic mass is 10.0. The fourth-order valence-electron chi connectivity index (χ4n) is 4.54. The highest BCUT2D eigenvalue weighted by molar-refractivity contribution is 7.80. The average molecular weight is 561 g/mol. The lowest BCUT2D eigenvalue weighted by Gasteiger charge is -2.25. The van der Waals surface area contributed by atoms with Gasteiger partial charge in [-0.1, -0.05) is 35.4 Å². The van der Waals surface area contributed by atoms with Crippen LogP contribution < -0.4 is 10.6 Å². The van der Waals surface area contributed by atoms with E-state index in [1.54, 1.807) is 12.3 Å². The minimum absolute atomic E-state index is 0.101. The van der Waals surface area contributed by atoms with E-state index >= 15 is 0 Å². The number of carboxylic acid groups (broad SMARTS) is 1. The summed E-state index contributed by atoms with van der Waals surface area (Å²) in [6.07, 6.45) is 1.90. The maximum absolute atomic E-state index is 12.8. The standard InChI is InChI=1S/C29H25ClN4O4S/c1-17-5-8-19(9-6-17)32-25(35)13-15-34-27(26(33-29(34)39)22-4-2-3-14-31-22)24-12-11-23(38-24)20-16-18(28(36)37)7-10-21(20)30/h2-12,14,16,26-27H,13,15H2,1H3,(H,32,35)(H,33,39)(H,36,37). The molecule has 39 heavy (non-hydrogen) atoms. The molecule has 1 fully saturated rings. The van der Waals surface area contributed by atoms with E-state index < -0.39 is 12.0 Å². The van der Waals surface area contributed by atoms with Crippen LogP contribution in [0.4, 0.5) is 5.69 Å². The predicted octanol–water partition coefficient (Wildman–Crippen LogP) is 6.00. The zero-order valence-corrected chi connectivity index (χ0v) is 22.5. The average Bonchev–Trinajstić information content (AvgIpc) is 3.54. The fourth-order valence-corrected chi connectivity index (χ4v) is 5.08. The molecule has 1 amide bonds. The molecule has 2 unspecified atom stereocenters. The number of hydrogen-bond acceptors (Lipinski definition) is 5. The molecule has 2 aromatic carbocycles. The Morgan fingerprint density at radius 2 is 1.92 bits per heavy atom. The van der Waals surface area contributed by atoms with Crippen LogP contribution in [-0.2, 0) is 4.79 Å². The maximum Gasteiger partial charge on any atom is 0.335 e. The normalized spacial score (nSPS) is 16.7. The molecule has 5 rings (SSSR count). The number of benzene rings is 2. The Kier molecular flexibility index (Phi) is 7.63. The second-order valence-electron chi connectivity index (χ2n) is 9.19. The van der Waals surface area contributed by atoms with E-state index in [9.17, 15) is 14.7 Å². The molecule has 0 bridgehead atoms. The Morgan fingerprint density at radius 3 is 2.64 bits per heavy atom. The molecule has 0 radical (unpaired) electrons. The van der Waals surface area contributed by atoms with Crippen molar-refractivity contribution in [3.8, 4) is 11.3 Å². The van der Waals surface area contributed by atoms with Gasteiger partial charge in [0.05, 0.1) is 22.3 Å². The van der Waals surface area contributed by atoms with E-state index in [2.05, 4.69) is 15.6 Å². The topological polar surface area (TPSA) is 108 Å². The summed E-state index contributed by atoms with van der Waals surface area (Å²) in [7, 11) is 0.